The summed E-state index contributed by atoms with van der Waals surface area (Å²) < 4.78 is 33.0. The second-order valence-electron chi connectivity index (χ2n) is 5.43. The first kappa shape index (κ1) is 16.3. The zero-order valence-corrected chi connectivity index (χ0v) is 13.4. The van der Waals surface area contributed by atoms with Gasteiger partial charge in [0.1, 0.15) is 5.75 Å². The van der Waals surface area contributed by atoms with E-state index < -0.39 is 10.0 Å². The Hall–Kier alpha value is -1.11. The third-order valence-electron chi connectivity index (χ3n) is 3.68. The third-order valence-corrected chi connectivity index (χ3v) is 5.18. The van der Waals surface area contributed by atoms with Crippen molar-refractivity contribution >= 4 is 10.0 Å². The van der Waals surface area contributed by atoms with Crippen LogP contribution < -0.4 is 14.8 Å². The molecule has 1 aliphatic rings. The van der Waals surface area contributed by atoms with E-state index in [1.54, 1.807) is 24.3 Å². The van der Waals surface area contributed by atoms with Crippen LogP contribution in [0.4, 0.5) is 0 Å². The zero-order valence-electron chi connectivity index (χ0n) is 12.6. The molecule has 0 radical (unpaired) electrons. The van der Waals surface area contributed by atoms with Crippen molar-refractivity contribution in [3.05, 3.63) is 24.3 Å². The summed E-state index contributed by atoms with van der Waals surface area (Å²) in [6, 6.07) is 6.68. The molecule has 2 atom stereocenters. The largest absolute Gasteiger partial charge is 0.494 e. The van der Waals surface area contributed by atoms with E-state index in [-0.39, 0.29) is 17.0 Å². The Morgan fingerprint density at radius 3 is 2.67 bits per heavy atom. The van der Waals surface area contributed by atoms with Crippen LogP contribution in [-0.4, -0.2) is 33.7 Å². The molecule has 1 fully saturated rings. The highest BCUT2D eigenvalue weighted by Gasteiger charge is 2.26. The fourth-order valence-corrected chi connectivity index (χ4v) is 3.76. The van der Waals surface area contributed by atoms with E-state index >= 15 is 0 Å². The topological polar surface area (TPSA) is 67.4 Å². The summed E-state index contributed by atoms with van der Waals surface area (Å²) in [5, 5.41) is 3.29. The highest BCUT2D eigenvalue weighted by Crippen LogP contribution is 2.18. The molecule has 0 amide bonds. The Bertz CT molecular complexity index is 543. The first-order chi connectivity index (χ1) is 10.0. The fraction of sp³-hybridized carbons (Fsp3) is 0.600. The molecule has 6 heteroatoms. The van der Waals surface area contributed by atoms with E-state index in [1.807, 2.05) is 13.8 Å². The van der Waals surface area contributed by atoms with E-state index in [0.717, 1.165) is 25.8 Å². The first-order valence-corrected chi connectivity index (χ1v) is 9.00. The lowest BCUT2D eigenvalue weighted by atomic mass is 10.0. The molecular formula is C15H24N2O3S. The molecule has 1 saturated heterocycles. The van der Waals surface area contributed by atoms with Crippen LogP contribution in [0.1, 0.15) is 33.1 Å². The maximum absolute atomic E-state index is 12.4. The van der Waals surface area contributed by atoms with Crippen molar-refractivity contribution in [3.8, 4) is 5.75 Å². The van der Waals surface area contributed by atoms with Crippen molar-refractivity contribution in [3.63, 3.8) is 0 Å². The normalized spacial score (nSPS) is 23.0. The van der Waals surface area contributed by atoms with Crippen LogP contribution in [-0.2, 0) is 10.0 Å². The summed E-state index contributed by atoms with van der Waals surface area (Å²) in [6.07, 6.45) is 2.78. The van der Waals surface area contributed by atoms with E-state index in [9.17, 15) is 8.42 Å². The molecule has 1 heterocycles. The monoisotopic (exact) mass is 312 g/mol. The van der Waals surface area contributed by atoms with Gasteiger partial charge < -0.3 is 10.1 Å². The maximum Gasteiger partial charge on any atom is 0.240 e. The number of nitrogens with one attached hydrogen (secondary N) is 2. The lowest BCUT2D eigenvalue weighted by molar-refractivity contribution is 0.317. The molecule has 118 valence electrons. The third kappa shape index (κ3) is 4.43. The van der Waals surface area contributed by atoms with E-state index in [4.69, 9.17) is 4.74 Å². The maximum atomic E-state index is 12.4. The van der Waals surface area contributed by atoms with Crippen molar-refractivity contribution in [2.45, 2.75) is 50.1 Å². The molecule has 2 rings (SSSR count). The predicted molar refractivity (Wildman–Crippen MR) is 83.0 cm³/mol. The van der Waals surface area contributed by atoms with E-state index in [2.05, 4.69) is 10.0 Å². The van der Waals surface area contributed by atoms with Crippen molar-refractivity contribution in [1.82, 2.24) is 10.0 Å². The highest BCUT2D eigenvalue weighted by molar-refractivity contribution is 7.89. The minimum Gasteiger partial charge on any atom is -0.494 e. The van der Waals surface area contributed by atoms with Crippen molar-refractivity contribution in [1.29, 1.82) is 0 Å². The number of rotatable bonds is 6. The molecule has 2 unspecified atom stereocenters. The highest BCUT2D eigenvalue weighted by atomic mass is 32.2. The van der Waals surface area contributed by atoms with Crippen LogP contribution in [0.25, 0.3) is 0 Å². The molecule has 0 aliphatic carbocycles. The minimum absolute atomic E-state index is 0.0558. The molecule has 0 aromatic heterocycles. The number of hydrogen-bond donors (Lipinski definition) is 2. The van der Waals surface area contributed by atoms with Gasteiger partial charge in [0.05, 0.1) is 11.5 Å². The summed E-state index contributed by atoms with van der Waals surface area (Å²) in [5.41, 5.74) is 0. The number of hydrogen-bond acceptors (Lipinski definition) is 4. The van der Waals surface area contributed by atoms with Gasteiger partial charge in [0.25, 0.3) is 0 Å². The van der Waals surface area contributed by atoms with Gasteiger partial charge in [-0.1, -0.05) is 6.92 Å². The van der Waals surface area contributed by atoms with Crippen LogP contribution in [0.5, 0.6) is 5.75 Å². The van der Waals surface area contributed by atoms with Gasteiger partial charge in [0.15, 0.2) is 0 Å². The van der Waals surface area contributed by atoms with Gasteiger partial charge in [-0.15, -0.1) is 0 Å². The van der Waals surface area contributed by atoms with Crippen molar-refractivity contribution < 1.29 is 13.2 Å². The number of piperidine rings is 1. The van der Waals surface area contributed by atoms with Gasteiger partial charge in [-0.05, 0) is 57.0 Å². The van der Waals surface area contributed by atoms with Gasteiger partial charge in [0.2, 0.25) is 10.0 Å². The first-order valence-electron chi connectivity index (χ1n) is 7.51. The minimum atomic E-state index is -3.48. The number of benzene rings is 1. The Morgan fingerprint density at radius 1 is 1.33 bits per heavy atom. The summed E-state index contributed by atoms with van der Waals surface area (Å²) in [5.74, 6) is 0.698. The SMILES string of the molecule is CCCOc1ccc(S(=O)(=O)NC2CCCNC2C)cc1. The molecule has 21 heavy (non-hydrogen) atoms. The quantitative estimate of drug-likeness (QED) is 0.842. The van der Waals surface area contributed by atoms with Crippen LogP contribution >= 0.6 is 0 Å². The molecule has 0 saturated carbocycles. The van der Waals surface area contributed by atoms with Gasteiger partial charge >= 0.3 is 0 Å². The van der Waals surface area contributed by atoms with Crippen molar-refractivity contribution in [2.24, 2.45) is 0 Å². The Morgan fingerprint density at radius 2 is 2.05 bits per heavy atom. The molecular weight excluding hydrogens is 288 g/mol. The summed E-state index contributed by atoms with van der Waals surface area (Å²) >= 11 is 0. The van der Waals surface area contributed by atoms with Crippen LogP contribution in [0.15, 0.2) is 29.2 Å². The second-order valence-corrected chi connectivity index (χ2v) is 7.15. The number of ether oxygens (including phenoxy) is 1. The van der Waals surface area contributed by atoms with Gasteiger partial charge in [0, 0.05) is 12.1 Å². The van der Waals surface area contributed by atoms with Gasteiger partial charge in [-0.2, -0.15) is 0 Å². The predicted octanol–water partition coefficient (Wildman–Crippen LogP) is 1.89. The molecule has 0 bridgehead atoms. The zero-order chi connectivity index (χ0) is 15.3. The Kier molecular flexibility index (Phi) is 5.61. The molecule has 2 N–H and O–H groups in total. The lowest BCUT2D eigenvalue weighted by Crippen LogP contribution is -2.51. The Balaban J connectivity index is 2.04. The molecule has 1 aromatic carbocycles. The van der Waals surface area contributed by atoms with E-state index in [0.29, 0.717) is 12.4 Å². The summed E-state index contributed by atoms with van der Waals surface area (Å²) in [4.78, 5) is 0.282. The summed E-state index contributed by atoms with van der Waals surface area (Å²) in [7, 11) is -3.48. The molecule has 0 spiro atoms. The van der Waals surface area contributed by atoms with Gasteiger partial charge in [-0.3, -0.25) is 0 Å². The average molecular weight is 312 g/mol. The van der Waals surface area contributed by atoms with Crippen molar-refractivity contribution in [2.75, 3.05) is 13.2 Å². The lowest BCUT2D eigenvalue weighted by Gasteiger charge is -2.30. The average Bonchev–Trinajstić information content (AvgIpc) is 2.48. The van der Waals surface area contributed by atoms with Crippen LogP contribution in [0.3, 0.4) is 0 Å². The number of sulfonamides is 1. The fourth-order valence-electron chi connectivity index (χ4n) is 2.41. The summed E-state index contributed by atoms with van der Waals surface area (Å²) in [6.45, 7) is 5.62. The van der Waals surface area contributed by atoms with E-state index in [1.165, 1.54) is 0 Å². The molecule has 1 aromatic rings. The van der Waals surface area contributed by atoms with Gasteiger partial charge in [-0.25, -0.2) is 13.1 Å². The standard InChI is InChI=1S/C15H24N2O3S/c1-3-11-20-13-6-8-14(9-7-13)21(18,19)17-15-5-4-10-16-12(15)2/h6-9,12,15-17H,3-5,10-11H2,1-2H3. The smallest absolute Gasteiger partial charge is 0.240 e. The molecule has 5 nitrogen and oxygen atoms in total. The van der Waals surface area contributed by atoms with Crippen LogP contribution in [0, 0.1) is 0 Å². The molecule has 1 aliphatic heterocycles. The Labute approximate surface area is 127 Å². The van der Waals surface area contributed by atoms with Crippen LogP contribution in [0.2, 0.25) is 0 Å². The second kappa shape index (κ2) is 7.24.